The summed E-state index contributed by atoms with van der Waals surface area (Å²) in [5.41, 5.74) is 1.88. The molecular formula is C20H33N5O2. The van der Waals surface area contributed by atoms with Crippen molar-refractivity contribution in [3.63, 3.8) is 0 Å². The highest BCUT2D eigenvalue weighted by Gasteiger charge is 2.23. The summed E-state index contributed by atoms with van der Waals surface area (Å²) >= 11 is 0. The first-order chi connectivity index (χ1) is 13.0. The third kappa shape index (κ3) is 7.19. The number of hydrogen-bond acceptors (Lipinski definition) is 4. The topological polar surface area (TPSA) is 78.0 Å². The number of hydrogen-bond donors (Lipinski definition) is 3. The molecule has 1 saturated heterocycles. The van der Waals surface area contributed by atoms with E-state index >= 15 is 0 Å². The third-order valence-electron chi connectivity index (χ3n) is 4.69. The van der Waals surface area contributed by atoms with Crippen LogP contribution < -0.4 is 16.0 Å². The van der Waals surface area contributed by atoms with Crippen molar-refractivity contribution >= 4 is 17.6 Å². The highest BCUT2D eigenvalue weighted by atomic mass is 16.5. The van der Waals surface area contributed by atoms with Gasteiger partial charge < -0.3 is 20.7 Å². The van der Waals surface area contributed by atoms with E-state index in [0.717, 1.165) is 50.1 Å². The van der Waals surface area contributed by atoms with Crippen LogP contribution in [0.4, 0.5) is 5.69 Å². The van der Waals surface area contributed by atoms with Crippen LogP contribution in [0.3, 0.4) is 0 Å². The molecule has 1 amide bonds. The Morgan fingerprint density at radius 1 is 1.26 bits per heavy atom. The number of amides is 1. The van der Waals surface area contributed by atoms with Crippen molar-refractivity contribution in [3.8, 4) is 0 Å². The number of carbonyl (C=O) groups excluding carboxylic acids is 1. The van der Waals surface area contributed by atoms with Gasteiger partial charge in [-0.25, -0.2) is 0 Å². The summed E-state index contributed by atoms with van der Waals surface area (Å²) in [7, 11) is 1.78. The van der Waals surface area contributed by atoms with Gasteiger partial charge in [-0.15, -0.1) is 0 Å². The molecule has 1 fully saturated rings. The molecule has 1 atom stereocenters. The minimum absolute atomic E-state index is 0.0691. The van der Waals surface area contributed by atoms with Gasteiger partial charge in [0.25, 0.3) is 0 Å². The summed E-state index contributed by atoms with van der Waals surface area (Å²) < 4.78 is 5.47. The monoisotopic (exact) mass is 375 g/mol. The molecule has 1 aliphatic rings. The Kier molecular flexibility index (Phi) is 8.54. The maximum atomic E-state index is 11.2. The van der Waals surface area contributed by atoms with E-state index < -0.39 is 0 Å². The molecule has 1 aromatic rings. The van der Waals surface area contributed by atoms with Crippen molar-refractivity contribution < 1.29 is 9.53 Å². The van der Waals surface area contributed by atoms with E-state index in [1.165, 1.54) is 6.92 Å². The quantitative estimate of drug-likeness (QED) is 0.499. The number of guanidine groups is 1. The number of ether oxygens (including phenoxy) is 1. The van der Waals surface area contributed by atoms with Gasteiger partial charge in [0, 0.05) is 51.9 Å². The number of nitrogens with one attached hydrogen (secondary N) is 3. The molecule has 0 spiro atoms. The Balaban J connectivity index is 1.86. The molecule has 1 aromatic carbocycles. The normalized spacial score (nSPS) is 16.9. The zero-order valence-electron chi connectivity index (χ0n) is 16.9. The van der Waals surface area contributed by atoms with Crippen molar-refractivity contribution in [2.24, 2.45) is 10.9 Å². The first-order valence-corrected chi connectivity index (χ1v) is 9.62. The summed E-state index contributed by atoms with van der Waals surface area (Å²) in [6.07, 6.45) is 0. The molecule has 1 aliphatic heterocycles. The lowest BCUT2D eigenvalue weighted by Gasteiger charge is -2.37. The fourth-order valence-corrected chi connectivity index (χ4v) is 3.27. The SMILES string of the molecule is CN=C(NCc1cccc(NC(C)=O)c1)NCC(C(C)C)N1CCOCC1. The van der Waals surface area contributed by atoms with Gasteiger partial charge in [-0.3, -0.25) is 14.7 Å². The number of morpholine rings is 1. The van der Waals surface area contributed by atoms with Gasteiger partial charge in [-0.05, 0) is 23.6 Å². The lowest BCUT2D eigenvalue weighted by atomic mass is 10.0. The van der Waals surface area contributed by atoms with E-state index in [-0.39, 0.29) is 5.91 Å². The summed E-state index contributed by atoms with van der Waals surface area (Å²) in [5.74, 6) is 1.25. The molecule has 1 unspecified atom stereocenters. The largest absolute Gasteiger partial charge is 0.379 e. The minimum Gasteiger partial charge on any atom is -0.379 e. The standard InChI is InChI=1S/C20H33N5O2/c1-15(2)19(25-8-10-27-11-9-25)14-23-20(21-4)22-13-17-6-5-7-18(12-17)24-16(3)26/h5-7,12,15,19H,8-11,13-14H2,1-4H3,(H,24,26)(H2,21,22,23). The summed E-state index contributed by atoms with van der Waals surface area (Å²) in [6, 6.07) is 8.25. The van der Waals surface area contributed by atoms with Gasteiger partial charge in [0.1, 0.15) is 0 Å². The first kappa shape index (κ1) is 21.2. The van der Waals surface area contributed by atoms with E-state index in [4.69, 9.17) is 4.74 Å². The zero-order chi connectivity index (χ0) is 19.6. The molecule has 7 heteroatoms. The molecule has 0 aromatic heterocycles. The van der Waals surface area contributed by atoms with Crippen molar-refractivity contribution in [3.05, 3.63) is 29.8 Å². The third-order valence-corrected chi connectivity index (χ3v) is 4.69. The summed E-state index contributed by atoms with van der Waals surface area (Å²) in [4.78, 5) is 18.0. The fraction of sp³-hybridized carbons (Fsp3) is 0.600. The Hall–Kier alpha value is -2.12. The van der Waals surface area contributed by atoms with E-state index in [2.05, 4.69) is 39.7 Å². The Morgan fingerprint density at radius 2 is 2.00 bits per heavy atom. The van der Waals surface area contributed by atoms with E-state index in [9.17, 15) is 4.79 Å². The van der Waals surface area contributed by atoms with E-state index in [0.29, 0.717) is 18.5 Å². The smallest absolute Gasteiger partial charge is 0.221 e. The first-order valence-electron chi connectivity index (χ1n) is 9.62. The van der Waals surface area contributed by atoms with Gasteiger partial charge in [0.2, 0.25) is 5.91 Å². The highest BCUT2D eigenvalue weighted by Crippen LogP contribution is 2.12. The molecule has 0 radical (unpaired) electrons. The number of rotatable bonds is 7. The van der Waals surface area contributed by atoms with Crippen LogP contribution in [0.5, 0.6) is 0 Å². The lowest BCUT2D eigenvalue weighted by Crippen LogP contribution is -2.52. The Labute approximate surface area is 162 Å². The molecule has 0 bridgehead atoms. The molecule has 2 rings (SSSR count). The predicted octanol–water partition coefficient (Wildman–Crippen LogP) is 1.67. The van der Waals surface area contributed by atoms with E-state index in [1.807, 2.05) is 24.3 Å². The van der Waals surface area contributed by atoms with Crippen molar-refractivity contribution in [2.75, 3.05) is 45.2 Å². The van der Waals surface area contributed by atoms with Crippen molar-refractivity contribution in [2.45, 2.75) is 33.4 Å². The number of benzene rings is 1. The molecule has 150 valence electrons. The number of anilines is 1. The number of nitrogens with zero attached hydrogens (tertiary/aromatic N) is 2. The van der Waals surface area contributed by atoms with Crippen LogP contribution in [-0.2, 0) is 16.1 Å². The highest BCUT2D eigenvalue weighted by molar-refractivity contribution is 5.88. The van der Waals surface area contributed by atoms with Gasteiger partial charge in [0.15, 0.2) is 5.96 Å². The van der Waals surface area contributed by atoms with Crippen LogP contribution in [0.1, 0.15) is 26.3 Å². The van der Waals surface area contributed by atoms with Crippen molar-refractivity contribution in [1.29, 1.82) is 0 Å². The molecular weight excluding hydrogens is 342 g/mol. The average molecular weight is 376 g/mol. The van der Waals surface area contributed by atoms with Crippen LogP contribution in [0, 0.1) is 5.92 Å². The van der Waals surface area contributed by atoms with Gasteiger partial charge in [-0.1, -0.05) is 26.0 Å². The second kappa shape index (κ2) is 10.9. The maximum Gasteiger partial charge on any atom is 0.221 e. The fourth-order valence-electron chi connectivity index (χ4n) is 3.27. The number of carbonyl (C=O) groups is 1. The molecule has 0 saturated carbocycles. The number of aliphatic imine (C=N–C) groups is 1. The van der Waals surface area contributed by atoms with Crippen LogP contribution in [0.2, 0.25) is 0 Å². The Bertz CT molecular complexity index is 627. The van der Waals surface area contributed by atoms with Crippen LogP contribution in [0.15, 0.2) is 29.3 Å². The average Bonchev–Trinajstić information content (AvgIpc) is 2.65. The molecule has 7 nitrogen and oxygen atoms in total. The van der Waals surface area contributed by atoms with Crippen molar-refractivity contribution in [1.82, 2.24) is 15.5 Å². The molecule has 3 N–H and O–H groups in total. The van der Waals surface area contributed by atoms with Gasteiger partial charge >= 0.3 is 0 Å². The van der Waals surface area contributed by atoms with Gasteiger partial charge in [-0.2, -0.15) is 0 Å². The predicted molar refractivity (Wildman–Crippen MR) is 110 cm³/mol. The second-order valence-electron chi connectivity index (χ2n) is 7.15. The molecule has 0 aliphatic carbocycles. The maximum absolute atomic E-state index is 11.2. The van der Waals surface area contributed by atoms with Crippen LogP contribution in [-0.4, -0.2) is 62.7 Å². The summed E-state index contributed by atoms with van der Waals surface area (Å²) in [6.45, 7) is 11.1. The minimum atomic E-state index is -0.0691. The van der Waals surface area contributed by atoms with E-state index in [1.54, 1.807) is 7.05 Å². The van der Waals surface area contributed by atoms with Crippen LogP contribution >= 0.6 is 0 Å². The van der Waals surface area contributed by atoms with Gasteiger partial charge in [0.05, 0.1) is 13.2 Å². The zero-order valence-corrected chi connectivity index (χ0v) is 16.9. The second-order valence-corrected chi connectivity index (χ2v) is 7.15. The molecule has 27 heavy (non-hydrogen) atoms. The Morgan fingerprint density at radius 3 is 2.63 bits per heavy atom. The lowest BCUT2D eigenvalue weighted by molar-refractivity contribution is -0.114. The van der Waals surface area contributed by atoms with Crippen LogP contribution in [0.25, 0.3) is 0 Å². The molecule has 1 heterocycles. The summed E-state index contributed by atoms with van der Waals surface area (Å²) in [5, 5.41) is 9.61.